The number of anilines is 1. The number of alkyl halides is 3. The third-order valence-corrected chi connectivity index (χ3v) is 2.55. The fourth-order valence-electron chi connectivity index (χ4n) is 1.26. The molecule has 0 atom stereocenters. The number of rotatable bonds is 3. The van der Waals surface area contributed by atoms with Crippen LogP contribution in [0.25, 0.3) is 0 Å². The summed E-state index contributed by atoms with van der Waals surface area (Å²) in [7, 11) is 0. The normalized spacial score (nSPS) is 11.2. The van der Waals surface area contributed by atoms with Crippen LogP contribution >= 0.6 is 15.9 Å². The van der Waals surface area contributed by atoms with Crippen LogP contribution in [0, 0.1) is 0 Å². The van der Waals surface area contributed by atoms with E-state index in [1.54, 1.807) is 0 Å². The van der Waals surface area contributed by atoms with E-state index in [0.29, 0.717) is 4.47 Å². The van der Waals surface area contributed by atoms with Crippen molar-refractivity contribution in [2.24, 2.45) is 0 Å². The van der Waals surface area contributed by atoms with Gasteiger partial charge in [-0.15, -0.1) is 13.2 Å². The number of hydrogen-bond donors (Lipinski definition) is 1. The van der Waals surface area contributed by atoms with E-state index in [1.807, 2.05) is 0 Å². The maximum absolute atomic E-state index is 12.0. The highest BCUT2D eigenvalue weighted by molar-refractivity contribution is 9.10. The minimum Gasteiger partial charge on any atom is -0.438 e. The second-order valence-electron chi connectivity index (χ2n) is 3.50. The fourth-order valence-corrected chi connectivity index (χ4v) is 1.53. The summed E-state index contributed by atoms with van der Waals surface area (Å²) in [4.78, 5) is 7.57. The van der Waals surface area contributed by atoms with Crippen LogP contribution in [0.4, 0.5) is 19.1 Å². The summed E-state index contributed by atoms with van der Waals surface area (Å²) in [6.07, 6.45) is -3.33. The van der Waals surface area contributed by atoms with Gasteiger partial charge in [-0.2, -0.15) is 4.98 Å². The van der Waals surface area contributed by atoms with Crippen molar-refractivity contribution in [2.75, 3.05) is 5.73 Å². The van der Waals surface area contributed by atoms with Crippen molar-refractivity contribution in [1.29, 1.82) is 0 Å². The van der Waals surface area contributed by atoms with E-state index >= 15 is 0 Å². The van der Waals surface area contributed by atoms with Gasteiger partial charge in [-0.1, -0.05) is 0 Å². The Morgan fingerprint density at radius 2 is 1.70 bits per heavy atom. The number of benzene rings is 1. The molecule has 0 bridgehead atoms. The van der Waals surface area contributed by atoms with Crippen LogP contribution in [0.2, 0.25) is 0 Å². The Morgan fingerprint density at radius 1 is 1.10 bits per heavy atom. The Hall–Kier alpha value is -2.03. The van der Waals surface area contributed by atoms with Crippen molar-refractivity contribution in [2.45, 2.75) is 6.36 Å². The Balaban J connectivity index is 2.13. The molecule has 106 valence electrons. The molecule has 1 aromatic carbocycles. The molecule has 0 amide bonds. The van der Waals surface area contributed by atoms with Gasteiger partial charge in [-0.05, 0) is 40.2 Å². The predicted molar refractivity (Wildman–Crippen MR) is 67.3 cm³/mol. The van der Waals surface area contributed by atoms with Gasteiger partial charge >= 0.3 is 6.36 Å². The van der Waals surface area contributed by atoms with Crippen molar-refractivity contribution < 1.29 is 22.6 Å². The van der Waals surface area contributed by atoms with Gasteiger partial charge in [0, 0.05) is 0 Å². The molecule has 0 fully saturated rings. The van der Waals surface area contributed by atoms with E-state index < -0.39 is 6.36 Å². The molecular formula is C11H7BrF3N3O2. The van der Waals surface area contributed by atoms with Crippen molar-refractivity contribution in [3.05, 3.63) is 34.9 Å². The van der Waals surface area contributed by atoms with Gasteiger partial charge < -0.3 is 15.2 Å². The molecule has 0 aliphatic heterocycles. The summed E-state index contributed by atoms with van der Waals surface area (Å²) in [6, 6.07) is 4.88. The van der Waals surface area contributed by atoms with Crippen LogP contribution in [0.1, 0.15) is 0 Å². The van der Waals surface area contributed by atoms with E-state index in [2.05, 4.69) is 30.6 Å². The summed E-state index contributed by atoms with van der Waals surface area (Å²) in [5, 5.41) is 0. The number of ether oxygens (including phenoxy) is 2. The molecule has 0 unspecified atom stereocenters. The highest BCUT2D eigenvalue weighted by Gasteiger charge is 2.30. The Bertz CT molecular complexity index is 605. The average molecular weight is 350 g/mol. The molecule has 0 radical (unpaired) electrons. The molecule has 2 rings (SSSR count). The lowest BCUT2D eigenvalue weighted by Gasteiger charge is -2.10. The van der Waals surface area contributed by atoms with Crippen molar-refractivity contribution in [3.8, 4) is 17.4 Å². The molecular weight excluding hydrogens is 343 g/mol. The SMILES string of the molecule is Nc1ncc(Br)c(Oc2ccc(OC(F)(F)F)cc2)n1. The highest BCUT2D eigenvalue weighted by atomic mass is 79.9. The van der Waals surface area contributed by atoms with E-state index in [0.717, 1.165) is 12.1 Å². The van der Waals surface area contributed by atoms with Gasteiger partial charge in [-0.3, -0.25) is 0 Å². The molecule has 0 aliphatic carbocycles. The fraction of sp³-hybridized carbons (Fsp3) is 0.0909. The largest absolute Gasteiger partial charge is 0.573 e. The van der Waals surface area contributed by atoms with Gasteiger partial charge in [0.25, 0.3) is 0 Å². The summed E-state index contributed by atoms with van der Waals surface area (Å²) >= 11 is 3.16. The molecule has 20 heavy (non-hydrogen) atoms. The second-order valence-corrected chi connectivity index (χ2v) is 4.36. The minimum absolute atomic E-state index is 0.0141. The third-order valence-electron chi connectivity index (χ3n) is 2.00. The van der Waals surface area contributed by atoms with Gasteiger partial charge in [0.1, 0.15) is 11.5 Å². The van der Waals surface area contributed by atoms with E-state index in [4.69, 9.17) is 10.5 Å². The van der Waals surface area contributed by atoms with Gasteiger partial charge in [0.05, 0.1) is 10.7 Å². The number of nitrogens with zero attached hydrogens (tertiary/aromatic N) is 2. The lowest BCUT2D eigenvalue weighted by atomic mass is 10.3. The smallest absolute Gasteiger partial charge is 0.438 e. The van der Waals surface area contributed by atoms with Crippen LogP contribution in [0.15, 0.2) is 34.9 Å². The van der Waals surface area contributed by atoms with Crippen molar-refractivity contribution in [3.63, 3.8) is 0 Å². The maximum Gasteiger partial charge on any atom is 0.573 e. The molecule has 2 N–H and O–H groups in total. The lowest BCUT2D eigenvalue weighted by molar-refractivity contribution is -0.274. The first-order valence-electron chi connectivity index (χ1n) is 5.15. The van der Waals surface area contributed by atoms with Crippen LogP contribution < -0.4 is 15.2 Å². The van der Waals surface area contributed by atoms with Crippen LogP contribution in [-0.2, 0) is 0 Å². The number of nitrogen functional groups attached to an aromatic ring is 1. The van der Waals surface area contributed by atoms with E-state index in [9.17, 15) is 13.2 Å². The van der Waals surface area contributed by atoms with Crippen LogP contribution in [-0.4, -0.2) is 16.3 Å². The predicted octanol–water partition coefficient (Wildman–Crippen LogP) is 3.51. The molecule has 5 nitrogen and oxygen atoms in total. The molecule has 0 aliphatic rings. The van der Waals surface area contributed by atoms with E-state index in [-0.39, 0.29) is 23.3 Å². The first kappa shape index (κ1) is 14.4. The summed E-state index contributed by atoms with van der Waals surface area (Å²) < 4.78 is 45.5. The zero-order valence-corrected chi connectivity index (χ0v) is 11.3. The zero-order chi connectivity index (χ0) is 14.8. The first-order chi connectivity index (χ1) is 9.33. The molecule has 0 saturated carbocycles. The topological polar surface area (TPSA) is 70.3 Å². The minimum atomic E-state index is -4.73. The van der Waals surface area contributed by atoms with Crippen LogP contribution in [0.5, 0.6) is 17.4 Å². The molecule has 0 saturated heterocycles. The van der Waals surface area contributed by atoms with E-state index in [1.165, 1.54) is 18.3 Å². The number of aromatic nitrogens is 2. The van der Waals surface area contributed by atoms with Crippen LogP contribution in [0.3, 0.4) is 0 Å². The zero-order valence-electron chi connectivity index (χ0n) is 9.69. The molecule has 1 heterocycles. The van der Waals surface area contributed by atoms with Gasteiger partial charge in [0.2, 0.25) is 11.8 Å². The standard InChI is InChI=1S/C11H7BrF3N3O2/c12-8-5-17-10(16)18-9(8)19-6-1-3-7(4-2-6)20-11(13,14)15/h1-5H,(H2,16,17,18). The summed E-state index contributed by atoms with van der Waals surface area (Å²) in [6.45, 7) is 0. The second kappa shape index (κ2) is 5.53. The van der Waals surface area contributed by atoms with Crippen molar-refractivity contribution in [1.82, 2.24) is 9.97 Å². The number of hydrogen-bond acceptors (Lipinski definition) is 5. The Morgan fingerprint density at radius 3 is 2.30 bits per heavy atom. The number of halogens is 4. The quantitative estimate of drug-likeness (QED) is 0.917. The van der Waals surface area contributed by atoms with Gasteiger partial charge in [0.15, 0.2) is 0 Å². The Labute approximate surface area is 119 Å². The molecule has 1 aromatic heterocycles. The average Bonchev–Trinajstić information content (AvgIpc) is 2.34. The highest BCUT2D eigenvalue weighted by Crippen LogP contribution is 2.29. The lowest BCUT2D eigenvalue weighted by Crippen LogP contribution is -2.16. The number of nitrogens with two attached hydrogens (primary N) is 1. The Kier molecular flexibility index (Phi) is 3.98. The summed E-state index contributed by atoms with van der Waals surface area (Å²) in [5.74, 6) is 0.103. The first-order valence-corrected chi connectivity index (χ1v) is 5.94. The monoisotopic (exact) mass is 349 g/mol. The van der Waals surface area contributed by atoms with Gasteiger partial charge in [-0.25, -0.2) is 4.98 Å². The van der Waals surface area contributed by atoms with Crippen molar-refractivity contribution >= 4 is 21.9 Å². The maximum atomic E-state index is 12.0. The molecule has 9 heteroatoms. The summed E-state index contributed by atoms with van der Waals surface area (Å²) in [5.41, 5.74) is 5.41. The molecule has 0 spiro atoms. The molecule has 2 aromatic rings. The third kappa shape index (κ3) is 3.98.